The first-order valence-electron chi connectivity index (χ1n) is 6.41. The molecule has 0 radical (unpaired) electrons. The van der Waals surface area contributed by atoms with Gasteiger partial charge in [0.2, 0.25) is 0 Å². The summed E-state index contributed by atoms with van der Waals surface area (Å²) >= 11 is 6.10. The minimum atomic E-state index is -1.19. The highest BCUT2D eigenvalue weighted by Crippen LogP contribution is 2.40. The summed E-state index contributed by atoms with van der Waals surface area (Å²) in [6.07, 6.45) is 2.59. The second-order valence-corrected chi connectivity index (χ2v) is 5.43. The van der Waals surface area contributed by atoms with E-state index >= 15 is 0 Å². The van der Waals surface area contributed by atoms with Gasteiger partial charge in [0.25, 0.3) is 0 Å². The van der Waals surface area contributed by atoms with Gasteiger partial charge in [0.05, 0.1) is 11.5 Å². The van der Waals surface area contributed by atoms with Gasteiger partial charge in [-0.05, 0) is 38.2 Å². The predicted molar refractivity (Wildman–Crippen MR) is 67.7 cm³/mol. The Balaban J connectivity index is 1.94. The van der Waals surface area contributed by atoms with Crippen LogP contribution in [0.15, 0.2) is 12.1 Å². The first kappa shape index (κ1) is 14.7. The molecule has 0 aromatic heterocycles. The Morgan fingerprint density at radius 1 is 1.21 bits per heavy atom. The van der Waals surface area contributed by atoms with E-state index in [0.29, 0.717) is 25.0 Å². The smallest absolute Gasteiger partial charge is 0.161 e. The van der Waals surface area contributed by atoms with E-state index in [1.807, 2.05) is 6.92 Å². The Kier molecular flexibility index (Phi) is 4.74. The van der Waals surface area contributed by atoms with Crippen molar-refractivity contribution in [3.8, 4) is 0 Å². The Labute approximate surface area is 115 Å². The van der Waals surface area contributed by atoms with Crippen molar-refractivity contribution in [3.05, 3.63) is 35.1 Å². The lowest BCUT2D eigenvalue weighted by Crippen LogP contribution is -2.32. The van der Waals surface area contributed by atoms with Gasteiger partial charge in [-0.2, -0.15) is 0 Å². The average Bonchev–Trinajstić information content (AvgIpc) is 2.31. The summed E-state index contributed by atoms with van der Waals surface area (Å²) in [4.78, 5) is 0. The molecule has 1 unspecified atom stereocenters. The molecule has 1 atom stereocenters. The summed E-state index contributed by atoms with van der Waals surface area (Å²) in [7, 11) is 0. The van der Waals surface area contributed by atoms with Crippen LogP contribution >= 0.6 is 11.6 Å². The van der Waals surface area contributed by atoms with Gasteiger partial charge in [0, 0.05) is 18.2 Å². The monoisotopic (exact) mass is 292 g/mol. The number of rotatable bonds is 5. The van der Waals surface area contributed by atoms with E-state index in [0.717, 1.165) is 18.9 Å². The lowest BCUT2D eigenvalue weighted by molar-refractivity contribution is -0.0267. The molecule has 1 saturated carbocycles. The molecule has 2 rings (SSSR count). The van der Waals surface area contributed by atoms with E-state index in [9.17, 15) is 13.2 Å². The highest BCUT2D eigenvalue weighted by Gasteiger charge is 2.32. The van der Waals surface area contributed by atoms with Crippen LogP contribution in [-0.4, -0.2) is 12.7 Å². The van der Waals surface area contributed by atoms with Crippen LogP contribution in [0.2, 0.25) is 0 Å². The topological polar surface area (TPSA) is 9.23 Å². The molecule has 0 heterocycles. The van der Waals surface area contributed by atoms with Gasteiger partial charge in [0.15, 0.2) is 11.6 Å². The Hall–Kier alpha value is -0.740. The zero-order valence-electron chi connectivity index (χ0n) is 10.6. The first-order chi connectivity index (χ1) is 9.01. The molecule has 1 aromatic carbocycles. The molecule has 0 bridgehead atoms. The van der Waals surface area contributed by atoms with Crippen molar-refractivity contribution in [1.29, 1.82) is 0 Å². The summed E-state index contributed by atoms with van der Waals surface area (Å²) in [6, 6.07) is 1.39. The largest absolute Gasteiger partial charge is 0.378 e. The van der Waals surface area contributed by atoms with E-state index in [1.165, 1.54) is 0 Å². The van der Waals surface area contributed by atoms with Crippen LogP contribution in [0.4, 0.5) is 13.2 Å². The number of benzene rings is 1. The van der Waals surface area contributed by atoms with Gasteiger partial charge < -0.3 is 4.74 Å². The normalized spacial score (nSPS) is 24.1. The maximum Gasteiger partial charge on any atom is 0.161 e. The lowest BCUT2D eigenvalue weighted by Gasteiger charge is -2.36. The van der Waals surface area contributed by atoms with Gasteiger partial charge in [-0.1, -0.05) is 0 Å². The third-order valence-corrected chi connectivity index (χ3v) is 3.93. The molecule has 1 nitrogen and oxygen atoms in total. The van der Waals surface area contributed by atoms with Gasteiger partial charge in [0.1, 0.15) is 5.82 Å². The Bertz CT molecular complexity index is 447. The number of halogens is 4. The summed E-state index contributed by atoms with van der Waals surface area (Å²) in [6.45, 7) is 2.62. The van der Waals surface area contributed by atoms with Crippen molar-refractivity contribution < 1.29 is 17.9 Å². The van der Waals surface area contributed by atoms with Crippen LogP contribution in [0.25, 0.3) is 0 Å². The fraction of sp³-hybridized carbons (Fsp3) is 0.571. The van der Waals surface area contributed by atoms with Crippen LogP contribution in [-0.2, 0) is 4.74 Å². The molecule has 0 amide bonds. The van der Waals surface area contributed by atoms with Crippen LogP contribution < -0.4 is 0 Å². The van der Waals surface area contributed by atoms with E-state index in [-0.39, 0.29) is 11.7 Å². The second kappa shape index (κ2) is 6.14. The van der Waals surface area contributed by atoms with Gasteiger partial charge in [-0.3, -0.25) is 0 Å². The third kappa shape index (κ3) is 3.42. The van der Waals surface area contributed by atoms with Crippen molar-refractivity contribution in [2.24, 2.45) is 5.92 Å². The van der Waals surface area contributed by atoms with Gasteiger partial charge >= 0.3 is 0 Å². The van der Waals surface area contributed by atoms with Crippen LogP contribution in [0, 0.1) is 23.4 Å². The number of hydrogen-bond donors (Lipinski definition) is 0. The second-order valence-electron chi connectivity index (χ2n) is 4.91. The molecule has 0 aliphatic heterocycles. The quantitative estimate of drug-likeness (QED) is 0.570. The van der Waals surface area contributed by atoms with Crippen molar-refractivity contribution in [2.75, 3.05) is 6.61 Å². The van der Waals surface area contributed by atoms with E-state index in [4.69, 9.17) is 16.3 Å². The zero-order chi connectivity index (χ0) is 14.0. The third-order valence-electron chi connectivity index (χ3n) is 3.51. The molecular weight excluding hydrogens is 277 g/mol. The summed E-state index contributed by atoms with van der Waals surface area (Å²) in [5.74, 6) is -2.70. The summed E-state index contributed by atoms with van der Waals surface area (Å²) in [5, 5.41) is -0.636. The van der Waals surface area contributed by atoms with Gasteiger partial charge in [-0.15, -0.1) is 11.6 Å². The van der Waals surface area contributed by atoms with Crippen LogP contribution in [0.5, 0.6) is 0 Å². The van der Waals surface area contributed by atoms with Crippen LogP contribution in [0.3, 0.4) is 0 Å². The highest BCUT2D eigenvalue weighted by atomic mass is 35.5. The minimum Gasteiger partial charge on any atom is -0.378 e. The lowest BCUT2D eigenvalue weighted by atomic mass is 9.78. The molecule has 5 heteroatoms. The average molecular weight is 293 g/mol. The van der Waals surface area contributed by atoms with E-state index in [2.05, 4.69) is 0 Å². The van der Waals surface area contributed by atoms with E-state index in [1.54, 1.807) is 0 Å². The fourth-order valence-electron chi connectivity index (χ4n) is 2.44. The number of hydrogen-bond acceptors (Lipinski definition) is 1. The molecule has 1 aliphatic carbocycles. The van der Waals surface area contributed by atoms with Crippen molar-refractivity contribution in [1.82, 2.24) is 0 Å². The predicted octanol–water partition coefficient (Wildman–Crippen LogP) is 4.59. The van der Waals surface area contributed by atoms with E-state index < -0.39 is 22.8 Å². The first-order valence-corrected chi connectivity index (χ1v) is 6.85. The molecule has 0 saturated heterocycles. The molecular formula is C14H16ClF3O. The minimum absolute atomic E-state index is 0.0282. The molecule has 1 fully saturated rings. The van der Waals surface area contributed by atoms with Crippen LogP contribution in [0.1, 0.15) is 37.1 Å². The molecule has 106 valence electrons. The zero-order valence-corrected chi connectivity index (χ0v) is 11.4. The number of ether oxygens (including phenoxy) is 1. The Morgan fingerprint density at radius 2 is 1.84 bits per heavy atom. The molecule has 0 N–H and O–H groups in total. The molecule has 1 aromatic rings. The highest BCUT2D eigenvalue weighted by molar-refractivity contribution is 6.20. The maximum atomic E-state index is 13.5. The molecule has 19 heavy (non-hydrogen) atoms. The molecule has 0 spiro atoms. The fourth-order valence-corrected chi connectivity index (χ4v) is 2.86. The summed E-state index contributed by atoms with van der Waals surface area (Å²) in [5.41, 5.74) is 0.0282. The maximum absolute atomic E-state index is 13.5. The summed E-state index contributed by atoms with van der Waals surface area (Å²) < 4.78 is 44.9. The standard InChI is InChI=1S/C14H16ClF3O/c1-2-19-9-3-8(4-9)5-11(15)10-6-13(17)14(18)7-12(10)16/h6-9,11H,2-5H2,1H3. The van der Waals surface area contributed by atoms with Crippen molar-refractivity contribution in [2.45, 2.75) is 37.7 Å². The number of alkyl halides is 1. The Morgan fingerprint density at radius 3 is 2.47 bits per heavy atom. The molecule has 1 aliphatic rings. The van der Waals surface area contributed by atoms with Crippen molar-refractivity contribution in [3.63, 3.8) is 0 Å². The van der Waals surface area contributed by atoms with Gasteiger partial charge in [-0.25, -0.2) is 13.2 Å². The van der Waals surface area contributed by atoms with Crippen molar-refractivity contribution >= 4 is 11.6 Å². The SMILES string of the molecule is CCOC1CC(CC(Cl)c2cc(F)c(F)cc2F)C1.